The van der Waals surface area contributed by atoms with Crippen LogP contribution in [-0.4, -0.2) is 25.1 Å². The first-order chi connectivity index (χ1) is 11.2. The molecule has 2 heterocycles. The summed E-state index contributed by atoms with van der Waals surface area (Å²) in [6.07, 6.45) is 4.42. The summed E-state index contributed by atoms with van der Waals surface area (Å²) in [6.45, 7) is 6.24. The highest BCUT2D eigenvalue weighted by molar-refractivity contribution is 5.51. The Hall–Kier alpha value is -2.47. The molecule has 23 heavy (non-hydrogen) atoms. The molecule has 0 fully saturated rings. The van der Waals surface area contributed by atoms with Gasteiger partial charge >= 0.3 is 0 Å². The second-order valence-corrected chi connectivity index (χ2v) is 5.98. The lowest BCUT2D eigenvalue weighted by atomic mass is 10.1. The average Bonchev–Trinajstić information content (AvgIpc) is 2.90. The van der Waals surface area contributed by atoms with Crippen molar-refractivity contribution in [1.82, 2.24) is 4.98 Å². The molecule has 0 bridgehead atoms. The van der Waals surface area contributed by atoms with Crippen LogP contribution in [0.2, 0.25) is 0 Å². The van der Waals surface area contributed by atoms with Crippen LogP contribution >= 0.6 is 0 Å². The fourth-order valence-electron chi connectivity index (χ4n) is 2.87. The van der Waals surface area contributed by atoms with Gasteiger partial charge in [0, 0.05) is 36.6 Å². The summed E-state index contributed by atoms with van der Waals surface area (Å²) in [6, 6.07) is 8.44. The molecule has 3 heteroatoms. The Bertz CT molecular complexity index is 861. The Kier molecular flexibility index (Phi) is 4.52. The SMILES string of the molecule is CCCN(C)c1ccc(C#Cc2[nH]c3c(c2C)=CCCN=3)cc1. The molecule has 118 valence electrons. The minimum absolute atomic E-state index is 0.868. The molecule has 1 aromatic heterocycles. The minimum Gasteiger partial charge on any atom is -0.375 e. The van der Waals surface area contributed by atoms with E-state index < -0.39 is 0 Å². The van der Waals surface area contributed by atoms with Crippen LogP contribution < -0.4 is 15.6 Å². The van der Waals surface area contributed by atoms with Gasteiger partial charge < -0.3 is 9.88 Å². The summed E-state index contributed by atoms with van der Waals surface area (Å²) in [4.78, 5) is 10.1. The normalized spacial score (nSPS) is 12.5. The molecule has 1 aliphatic rings. The van der Waals surface area contributed by atoms with Crippen molar-refractivity contribution in [1.29, 1.82) is 0 Å². The number of nitrogens with one attached hydrogen (secondary N) is 1. The molecule has 1 aromatic carbocycles. The van der Waals surface area contributed by atoms with Crippen LogP contribution in [0.15, 0.2) is 29.3 Å². The number of hydrogen-bond donors (Lipinski definition) is 1. The molecule has 0 atom stereocenters. The van der Waals surface area contributed by atoms with Gasteiger partial charge in [0.2, 0.25) is 0 Å². The van der Waals surface area contributed by atoms with E-state index in [9.17, 15) is 0 Å². The number of aromatic nitrogens is 1. The van der Waals surface area contributed by atoms with Gasteiger partial charge in [-0.25, -0.2) is 0 Å². The molecule has 0 spiro atoms. The van der Waals surface area contributed by atoms with Crippen molar-refractivity contribution in [3.63, 3.8) is 0 Å². The Morgan fingerprint density at radius 2 is 2.00 bits per heavy atom. The van der Waals surface area contributed by atoms with Crippen molar-refractivity contribution < 1.29 is 0 Å². The second-order valence-electron chi connectivity index (χ2n) is 5.98. The number of H-pyrrole nitrogens is 1. The van der Waals surface area contributed by atoms with Crippen molar-refractivity contribution in [2.75, 3.05) is 25.0 Å². The number of benzene rings is 1. The smallest absolute Gasteiger partial charge is 0.133 e. The van der Waals surface area contributed by atoms with Crippen molar-refractivity contribution in [2.45, 2.75) is 26.7 Å². The van der Waals surface area contributed by atoms with Crippen LogP contribution in [-0.2, 0) is 0 Å². The zero-order valence-corrected chi connectivity index (χ0v) is 14.1. The molecule has 0 radical (unpaired) electrons. The van der Waals surface area contributed by atoms with Crippen LogP contribution in [0.3, 0.4) is 0 Å². The maximum absolute atomic E-state index is 4.52. The summed E-state index contributed by atoms with van der Waals surface area (Å²) in [7, 11) is 2.12. The van der Waals surface area contributed by atoms with Crippen LogP contribution in [0.5, 0.6) is 0 Å². The van der Waals surface area contributed by atoms with E-state index in [1.54, 1.807) is 0 Å². The molecule has 0 aliphatic carbocycles. The molecule has 3 rings (SSSR count). The standard InChI is InChI=1S/C20H23N3/c1-4-14-23(3)17-10-7-16(8-11-17)9-12-19-15(2)18-6-5-13-21-20(18)22-19/h6-8,10-11H,4-5,13-14H2,1-3H3,(H,21,22). The zero-order valence-electron chi connectivity index (χ0n) is 14.1. The van der Waals surface area contributed by atoms with Crippen LogP contribution in [0.4, 0.5) is 5.69 Å². The number of anilines is 1. The lowest BCUT2D eigenvalue weighted by Crippen LogP contribution is -2.27. The lowest BCUT2D eigenvalue weighted by molar-refractivity contribution is 0.852. The van der Waals surface area contributed by atoms with Crippen LogP contribution in [0.25, 0.3) is 6.08 Å². The third-order valence-corrected chi connectivity index (χ3v) is 4.22. The molecule has 1 N–H and O–H groups in total. The van der Waals surface area contributed by atoms with Crippen molar-refractivity contribution in [2.24, 2.45) is 4.99 Å². The molecule has 1 aliphatic heterocycles. The van der Waals surface area contributed by atoms with Crippen molar-refractivity contribution >= 4 is 11.8 Å². The van der Waals surface area contributed by atoms with Gasteiger partial charge in [0.25, 0.3) is 0 Å². The Labute approximate surface area is 137 Å². The average molecular weight is 305 g/mol. The monoisotopic (exact) mass is 305 g/mol. The number of fused-ring (bicyclic) bond motifs is 1. The molecular weight excluding hydrogens is 282 g/mol. The van der Waals surface area contributed by atoms with E-state index in [2.05, 4.69) is 78.0 Å². The van der Waals surface area contributed by atoms with E-state index in [1.165, 1.54) is 16.5 Å². The Morgan fingerprint density at radius 1 is 1.22 bits per heavy atom. The topological polar surface area (TPSA) is 31.4 Å². The van der Waals surface area contributed by atoms with E-state index in [1.807, 2.05) is 0 Å². The number of nitrogens with zero attached hydrogens (tertiary/aromatic N) is 2. The zero-order chi connectivity index (χ0) is 16.2. The van der Waals surface area contributed by atoms with E-state index >= 15 is 0 Å². The quantitative estimate of drug-likeness (QED) is 0.867. The van der Waals surface area contributed by atoms with Gasteiger partial charge in [-0.2, -0.15) is 0 Å². The van der Waals surface area contributed by atoms with Gasteiger partial charge in [-0.1, -0.05) is 18.9 Å². The molecule has 3 nitrogen and oxygen atoms in total. The van der Waals surface area contributed by atoms with Gasteiger partial charge in [0.05, 0.1) is 5.69 Å². The maximum Gasteiger partial charge on any atom is 0.133 e. The highest BCUT2D eigenvalue weighted by Crippen LogP contribution is 2.13. The summed E-state index contributed by atoms with van der Waals surface area (Å²) in [5, 5.41) is 1.22. The van der Waals surface area contributed by atoms with Crippen LogP contribution in [0, 0.1) is 18.8 Å². The summed E-state index contributed by atoms with van der Waals surface area (Å²) < 4.78 is 0. The Morgan fingerprint density at radius 3 is 2.70 bits per heavy atom. The maximum atomic E-state index is 4.52. The first-order valence-electron chi connectivity index (χ1n) is 8.25. The lowest BCUT2D eigenvalue weighted by Gasteiger charge is -2.17. The molecule has 0 amide bonds. The van der Waals surface area contributed by atoms with Gasteiger partial charge in [-0.15, -0.1) is 0 Å². The molecular formula is C20H23N3. The number of rotatable bonds is 3. The van der Waals surface area contributed by atoms with E-state index in [0.717, 1.165) is 42.7 Å². The molecule has 0 saturated carbocycles. The summed E-state index contributed by atoms with van der Waals surface area (Å²) in [5.41, 5.74) is 5.43. The fourth-order valence-corrected chi connectivity index (χ4v) is 2.87. The molecule has 2 aromatic rings. The third-order valence-electron chi connectivity index (χ3n) is 4.22. The predicted molar refractivity (Wildman–Crippen MR) is 96.2 cm³/mol. The van der Waals surface area contributed by atoms with Gasteiger partial charge in [0.15, 0.2) is 0 Å². The predicted octanol–water partition coefficient (Wildman–Crippen LogP) is 2.37. The number of aromatic amines is 1. The first-order valence-corrected chi connectivity index (χ1v) is 8.25. The van der Waals surface area contributed by atoms with Crippen LogP contribution in [0.1, 0.15) is 36.6 Å². The first kappa shape index (κ1) is 15.4. The van der Waals surface area contributed by atoms with Crippen molar-refractivity contribution in [3.05, 3.63) is 51.8 Å². The number of hydrogen-bond acceptors (Lipinski definition) is 2. The third kappa shape index (κ3) is 3.32. The second kappa shape index (κ2) is 6.75. The molecule has 0 saturated heterocycles. The largest absolute Gasteiger partial charge is 0.375 e. The molecule has 0 unspecified atom stereocenters. The summed E-state index contributed by atoms with van der Waals surface area (Å²) >= 11 is 0. The highest BCUT2D eigenvalue weighted by atomic mass is 15.1. The van der Waals surface area contributed by atoms with Crippen molar-refractivity contribution in [3.8, 4) is 11.8 Å². The summed E-state index contributed by atoms with van der Waals surface area (Å²) in [5.74, 6) is 6.51. The fraction of sp³-hybridized carbons (Fsp3) is 0.350. The van der Waals surface area contributed by atoms with E-state index in [4.69, 9.17) is 0 Å². The highest BCUT2D eigenvalue weighted by Gasteiger charge is 2.05. The Balaban J connectivity index is 1.84. The van der Waals surface area contributed by atoms with Gasteiger partial charge in [-0.3, -0.25) is 4.99 Å². The van der Waals surface area contributed by atoms with Gasteiger partial charge in [-0.05, 0) is 55.5 Å². The van der Waals surface area contributed by atoms with E-state index in [-0.39, 0.29) is 0 Å². The van der Waals surface area contributed by atoms with Gasteiger partial charge in [0.1, 0.15) is 5.49 Å². The van der Waals surface area contributed by atoms with E-state index in [0.29, 0.717) is 0 Å². The minimum atomic E-state index is 0.868.